The molecule has 0 spiro atoms. The first kappa shape index (κ1) is 14.3. The van der Waals surface area contributed by atoms with E-state index in [0.29, 0.717) is 12.1 Å². The van der Waals surface area contributed by atoms with Crippen LogP contribution in [0.4, 0.5) is 5.69 Å². The fraction of sp³-hybridized carbons (Fsp3) is 0.176. The first-order valence-corrected chi connectivity index (χ1v) is 7.09. The largest absolute Gasteiger partial charge is 0.291 e. The average molecular weight is 295 g/mol. The van der Waals surface area contributed by atoms with E-state index in [0.717, 1.165) is 11.3 Å². The molecule has 1 amide bonds. The lowest BCUT2D eigenvalue weighted by Gasteiger charge is -2.23. The van der Waals surface area contributed by atoms with Crippen molar-refractivity contribution < 1.29 is 9.63 Å². The molecule has 2 aromatic carbocycles. The van der Waals surface area contributed by atoms with Gasteiger partial charge in [0.15, 0.2) is 0 Å². The monoisotopic (exact) mass is 295 g/mol. The topological polar surface area (TPSA) is 53.9 Å². The van der Waals surface area contributed by atoms with Crippen molar-refractivity contribution in [3.8, 4) is 0 Å². The number of amides is 1. The van der Waals surface area contributed by atoms with Gasteiger partial charge in [0.25, 0.3) is 5.91 Å². The Morgan fingerprint density at radius 2 is 1.77 bits per heavy atom. The molecule has 0 aliphatic carbocycles. The Balaban J connectivity index is 1.94. The van der Waals surface area contributed by atoms with E-state index in [1.54, 1.807) is 0 Å². The van der Waals surface area contributed by atoms with Crippen LogP contribution in [-0.4, -0.2) is 18.7 Å². The van der Waals surface area contributed by atoms with Crippen LogP contribution >= 0.6 is 0 Å². The van der Waals surface area contributed by atoms with Crippen molar-refractivity contribution in [3.05, 3.63) is 66.2 Å². The van der Waals surface area contributed by atoms with E-state index in [1.807, 2.05) is 65.7 Å². The van der Waals surface area contributed by atoms with Crippen LogP contribution in [-0.2, 0) is 9.63 Å². The van der Waals surface area contributed by atoms with E-state index >= 15 is 0 Å². The second-order valence-electron chi connectivity index (χ2n) is 4.99. The van der Waals surface area contributed by atoms with Gasteiger partial charge in [-0.25, -0.2) is 5.48 Å². The summed E-state index contributed by atoms with van der Waals surface area (Å²) in [6, 6.07) is 19.9. The zero-order valence-electron chi connectivity index (χ0n) is 12.3. The zero-order valence-corrected chi connectivity index (χ0v) is 12.3. The van der Waals surface area contributed by atoms with Crippen molar-refractivity contribution in [2.75, 3.05) is 12.1 Å². The number of hydrogen-bond acceptors (Lipinski definition) is 4. The molecule has 5 heteroatoms. The number of nitrogens with zero attached hydrogens (tertiary/aromatic N) is 2. The summed E-state index contributed by atoms with van der Waals surface area (Å²) in [5.74, 6) is -0.304. The number of hydroxylamine groups is 1. The van der Waals surface area contributed by atoms with Gasteiger partial charge in [-0.05, 0) is 17.7 Å². The Morgan fingerprint density at radius 1 is 1.14 bits per heavy atom. The molecular formula is C17H17N3O2. The average Bonchev–Trinajstić information content (AvgIpc) is 3.02. The summed E-state index contributed by atoms with van der Waals surface area (Å²) in [6.45, 7) is 0. The first-order chi connectivity index (χ1) is 10.8. The van der Waals surface area contributed by atoms with Crippen LogP contribution < -0.4 is 10.5 Å². The summed E-state index contributed by atoms with van der Waals surface area (Å²) in [5, 5.41) is 6.38. The summed E-state index contributed by atoms with van der Waals surface area (Å²) in [5.41, 5.74) is 4.87. The third-order valence-corrected chi connectivity index (χ3v) is 3.57. The maximum Gasteiger partial charge on any atom is 0.291 e. The van der Waals surface area contributed by atoms with Crippen molar-refractivity contribution in [2.24, 2.45) is 5.10 Å². The number of carbonyl (C=O) groups excluding carboxylic acids is 1. The van der Waals surface area contributed by atoms with Gasteiger partial charge in [-0.1, -0.05) is 48.5 Å². The van der Waals surface area contributed by atoms with Crippen LogP contribution in [0.1, 0.15) is 18.0 Å². The van der Waals surface area contributed by atoms with Crippen LogP contribution in [0.15, 0.2) is 65.8 Å². The Kier molecular flexibility index (Phi) is 4.16. The maximum absolute atomic E-state index is 12.0. The highest BCUT2D eigenvalue weighted by Gasteiger charge is 2.32. The molecule has 1 atom stereocenters. The fourth-order valence-corrected chi connectivity index (χ4v) is 2.55. The lowest BCUT2D eigenvalue weighted by atomic mass is 10.0. The molecule has 0 radical (unpaired) electrons. The highest BCUT2D eigenvalue weighted by molar-refractivity contribution is 6.39. The van der Waals surface area contributed by atoms with Crippen molar-refractivity contribution in [2.45, 2.75) is 12.5 Å². The standard InChI is InChI=1S/C17H17N3O2/c1-22-19-17(21)15-12-16(13-8-4-2-5-9-13)20(18-15)14-10-6-3-7-11-14/h2-11,16H,12H2,1H3,(H,19,21)/t16-/m0/s1. The van der Waals surface area contributed by atoms with Crippen LogP contribution in [0.2, 0.25) is 0 Å². The first-order valence-electron chi connectivity index (χ1n) is 7.09. The molecule has 0 aromatic heterocycles. The Labute approximate surface area is 129 Å². The third-order valence-electron chi connectivity index (χ3n) is 3.57. The highest BCUT2D eigenvalue weighted by Crippen LogP contribution is 2.34. The Morgan fingerprint density at radius 3 is 2.41 bits per heavy atom. The number of rotatable bonds is 4. The molecule has 1 aliphatic rings. The van der Waals surface area contributed by atoms with Gasteiger partial charge in [0.2, 0.25) is 0 Å². The van der Waals surface area contributed by atoms with Gasteiger partial charge in [-0.2, -0.15) is 5.10 Å². The summed E-state index contributed by atoms with van der Waals surface area (Å²) < 4.78 is 0. The summed E-state index contributed by atoms with van der Waals surface area (Å²) in [7, 11) is 1.41. The zero-order chi connectivity index (χ0) is 15.4. The van der Waals surface area contributed by atoms with Gasteiger partial charge in [0.05, 0.1) is 18.8 Å². The quantitative estimate of drug-likeness (QED) is 0.882. The summed E-state index contributed by atoms with van der Waals surface area (Å²) in [6.07, 6.45) is 0.536. The minimum Gasteiger partial charge on any atom is -0.277 e. The number of hydrogen-bond donors (Lipinski definition) is 1. The second kappa shape index (κ2) is 6.41. The molecule has 0 bridgehead atoms. The van der Waals surface area contributed by atoms with Crippen LogP contribution in [0.3, 0.4) is 0 Å². The lowest BCUT2D eigenvalue weighted by Crippen LogP contribution is -2.29. The van der Waals surface area contributed by atoms with Crippen molar-refractivity contribution >= 4 is 17.3 Å². The number of benzene rings is 2. The van der Waals surface area contributed by atoms with Crippen LogP contribution in [0.5, 0.6) is 0 Å². The van der Waals surface area contributed by atoms with Crippen molar-refractivity contribution in [3.63, 3.8) is 0 Å². The molecule has 22 heavy (non-hydrogen) atoms. The molecule has 0 saturated carbocycles. The maximum atomic E-state index is 12.0. The van der Waals surface area contributed by atoms with E-state index in [1.165, 1.54) is 7.11 Å². The fourth-order valence-electron chi connectivity index (χ4n) is 2.55. The van der Waals surface area contributed by atoms with E-state index < -0.39 is 0 Å². The number of carbonyl (C=O) groups is 1. The minimum atomic E-state index is -0.304. The van der Waals surface area contributed by atoms with Gasteiger partial charge in [-0.3, -0.25) is 14.6 Å². The van der Waals surface area contributed by atoms with Gasteiger partial charge >= 0.3 is 0 Å². The van der Waals surface area contributed by atoms with Crippen molar-refractivity contribution in [1.82, 2.24) is 5.48 Å². The molecule has 1 N–H and O–H groups in total. The van der Waals surface area contributed by atoms with Gasteiger partial charge in [0.1, 0.15) is 5.71 Å². The molecule has 1 aliphatic heterocycles. The van der Waals surface area contributed by atoms with Crippen LogP contribution in [0.25, 0.3) is 0 Å². The van der Waals surface area contributed by atoms with Gasteiger partial charge in [-0.15, -0.1) is 0 Å². The predicted octanol–water partition coefficient (Wildman–Crippen LogP) is 2.67. The van der Waals surface area contributed by atoms with E-state index in [9.17, 15) is 4.79 Å². The summed E-state index contributed by atoms with van der Waals surface area (Å²) in [4.78, 5) is 16.7. The van der Waals surface area contributed by atoms with E-state index in [-0.39, 0.29) is 11.9 Å². The van der Waals surface area contributed by atoms with Gasteiger partial charge < -0.3 is 0 Å². The SMILES string of the molecule is CONC(=O)C1=NN(c2ccccc2)[C@H](c2ccccc2)C1. The number of hydrazone groups is 1. The normalized spacial score (nSPS) is 17.2. The van der Waals surface area contributed by atoms with Crippen LogP contribution in [0, 0.1) is 0 Å². The predicted molar refractivity (Wildman–Crippen MR) is 85.3 cm³/mol. The highest BCUT2D eigenvalue weighted by atomic mass is 16.6. The number of nitrogens with one attached hydrogen (secondary N) is 1. The number of anilines is 1. The smallest absolute Gasteiger partial charge is 0.277 e. The molecule has 2 aromatic rings. The van der Waals surface area contributed by atoms with E-state index in [4.69, 9.17) is 4.84 Å². The molecular weight excluding hydrogens is 278 g/mol. The molecule has 0 fully saturated rings. The molecule has 3 rings (SSSR count). The number of para-hydroxylation sites is 1. The minimum absolute atomic E-state index is 0.00112. The molecule has 112 valence electrons. The molecule has 1 heterocycles. The third kappa shape index (κ3) is 2.84. The Bertz CT molecular complexity index is 671. The molecule has 5 nitrogen and oxygen atoms in total. The van der Waals surface area contributed by atoms with Gasteiger partial charge in [0, 0.05) is 6.42 Å². The van der Waals surface area contributed by atoms with Crippen molar-refractivity contribution in [1.29, 1.82) is 0 Å². The second-order valence-corrected chi connectivity index (χ2v) is 4.99. The Hall–Kier alpha value is -2.66. The lowest BCUT2D eigenvalue weighted by molar-refractivity contribution is -0.124. The molecule has 0 unspecified atom stereocenters. The molecule has 0 saturated heterocycles. The summed E-state index contributed by atoms with van der Waals surface area (Å²) >= 11 is 0. The van der Waals surface area contributed by atoms with E-state index in [2.05, 4.69) is 10.6 Å².